The zero-order valence-electron chi connectivity index (χ0n) is 20.7. The van der Waals surface area contributed by atoms with Gasteiger partial charge in [0.1, 0.15) is 6.54 Å². The minimum atomic E-state index is -3.99. The lowest BCUT2D eigenvalue weighted by atomic mass is 9.99. The van der Waals surface area contributed by atoms with Gasteiger partial charge in [0.05, 0.1) is 16.6 Å². The highest BCUT2D eigenvalue weighted by atomic mass is 32.2. The van der Waals surface area contributed by atoms with Crippen LogP contribution in [-0.2, 0) is 14.8 Å². The molecule has 6 heteroatoms. The lowest BCUT2D eigenvalue weighted by molar-refractivity contribution is -0.120. The van der Waals surface area contributed by atoms with Gasteiger partial charge in [-0.1, -0.05) is 84.4 Å². The fourth-order valence-electron chi connectivity index (χ4n) is 4.02. The van der Waals surface area contributed by atoms with Crippen LogP contribution in [0.3, 0.4) is 0 Å². The molecule has 0 aromatic heterocycles. The second kappa shape index (κ2) is 10.8. The Morgan fingerprint density at radius 3 is 1.83 bits per heavy atom. The van der Waals surface area contributed by atoms with Gasteiger partial charge in [0.2, 0.25) is 5.91 Å². The maximum absolute atomic E-state index is 13.7. The number of rotatable bonds is 8. The van der Waals surface area contributed by atoms with E-state index < -0.39 is 22.0 Å². The minimum absolute atomic E-state index is 0.141. The highest BCUT2D eigenvalue weighted by molar-refractivity contribution is 7.92. The summed E-state index contributed by atoms with van der Waals surface area (Å²) in [4.78, 5) is 13.6. The van der Waals surface area contributed by atoms with Crippen LogP contribution in [0.1, 0.15) is 33.9 Å². The van der Waals surface area contributed by atoms with Crippen molar-refractivity contribution in [2.75, 3.05) is 10.8 Å². The topological polar surface area (TPSA) is 66.5 Å². The summed E-state index contributed by atoms with van der Waals surface area (Å²) >= 11 is 0. The maximum Gasteiger partial charge on any atom is 0.264 e. The monoisotopic (exact) mass is 498 g/mol. The largest absolute Gasteiger partial charge is 0.344 e. The molecule has 5 nitrogen and oxygen atoms in total. The summed E-state index contributed by atoms with van der Waals surface area (Å²) in [5.74, 6) is -0.401. The molecule has 4 aromatic carbocycles. The highest BCUT2D eigenvalue weighted by Gasteiger charge is 2.28. The number of carbonyl (C=O) groups excluding carboxylic acids is 1. The standard InChI is InChI=1S/C30H30N2O3S/c1-22-14-18-28(19-15-22)36(34,35)32(27-17-16-23(2)24(3)20-27)21-29(33)31-30(25-10-6-4-7-11-25)26-12-8-5-9-13-26/h4-20,30H,21H2,1-3H3,(H,31,33). The van der Waals surface area contributed by atoms with Crippen LogP contribution in [0.2, 0.25) is 0 Å². The van der Waals surface area contributed by atoms with Crippen molar-refractivity contribution < 1.29 is 13.2 Å². The Morgan fingerprint density at radius 2 is 1.31 bits per heavy atom. The molecule has 0 unspecified atom stereocenters. The molecule has 1 amide bonds. The lowest BCUT2D eigenvalue weighted by Gasteiger charge is -2.26. The third-order valence-corrected chi connectivity index (χ3v) is 8.03. The van der Waals surface area contributed by atoms with Crippen molar-refractivity contribution in [1.29, 1.82) is 0 Å². The molecule has 0 radical (unpaired) electrons. The number of hydrogen-bond acceptors (Lipinski definition) is 3. The maximum atomic E-state index is 13.7. The predicted octanol–water partition coefficient (Wildman–Crippen LogP) is 5.71. The van der Waals surface area contributed by atoms with E-state index in [0.717, 1.165) is 27.8 Å². The molecule has 0 heterocycles. The van der Waals surface area contributed by atoms with Crippen LogP contribution in [0.25, 0.3) is 0 Å². The summed E-state index contributed by atoms with van der Waals surface area (Å²) in [5, 5.41) is 3.06. The van der Waals surface area contributed by atoms with Gasteiger partial charge in [-0.05, 0) is 67.3 Å². The average molecular weight is 499 g/mol. The molecule has 36 heavy (non-hydrogen) atoms. The number of carbonyl (C=O) groups is 1. The number of aryl methyl sites for hydroxylation is 3. The van der Waals surface area contributed by atoms with Gasteiger partial charge in [0, 0.05) is 0 Å². The van der Waals surface area contributed by atoms with Crippen LogP contribution in [0.5, 0.6) is 0 Å². The molecule has 0 aliphatic carbocycles. The second-order valence-electron chi connectivity index (χ2n) is 8.92. The summed E-state index contributed by atoms with van der Waals surface area (Å²) in [5.41, 5.74) is 5.22. The molecular weight excluding hydrogens is 468 g/mol. The normalized spacial score (nSPS) is 11.3. The van der Waals surface area contributed by atoms with Crippen LogP contribution in [0.15, 0.2) is 108 Å². The molecule has 4 rings (SSSR count). The zero-order valence-corrected chi connectivity index (χ0v) is 21.5. The number of nitrogens with zero attached hydrogens (tertiary/aromatic N) is 1. The smallest absolute Gasteiger partial charge is 0.264 e. The molecule has 0 saturated heterocycles. The van der Waals surface area contributed by atoms with Gasteiger partial charge in [-0.25, -0.2) is 8.42 Å². The third-order valence-electron chi connectivity index (χ3n) is 6.25. The van der Waals surface area contributed by atoms with Gasteiger partial charge in [0.15, 0.2) is 0 Å². The Labute approximate surface area is 213 Å². The minimum Gasteiger partial charge on any atom is -0.344 e. The number of nitrogens with one attached hydrogen (secondary N) is 1. The fraction of sp³-hybridized carbons (Fsp3) is 0.167. The molecule has 0 spiro atoms. The van der Waals surface area contributed by atoms with Crippen LogP contribution in [-0.4, -0.2) is 20.9 Å². The van der Waals surface area contributed by atoms with E-state index in [4.69, 9.17) is 0 Å². The van der Waals surface area contributed by atoms with Crippen molar-refractivity contribution in [1.82, 2.24) is 5.32 Å². The number of sulfonamides is 1. The molecule has 1 N–H and O–H groups in total. The van der Waals surface area contributed by atoms with Crippen LogP contribution in [0.4, 0.5) is 5.69 Å². The van der Waals surface area contributed by atoms with Crippen molar-refractivity contribution >= 4 is 21.6 Å². The molecule has 184 valence electrons. The fourth-order valence-corrected chi connectivity index (χ4v) is 5.43. The van der Waals surface area contributed by atoms with E-state index >= 15 is 0 Å². The molecule has 0 aliphatic rings. The first-order chi connectivity index (χ1) is 17.3. The molecule has 0 fully saturated rings. The summed E-state index contributed by atoms with van der Waals surface area (Å²) in [6.07, 6.45) is 0. The van der Waals surface area contributed by atoms with Crippen molar-refractivity contribution in [3.63, 3.8) is 0 Å². The lowest BCUT2D eigenvalue weighted by Crippen LogP contribution is -2.42. The second-order valence-corrected chi connectivity index (χ2v) is 10.8. The first-order valence-corrected chi connectivity index (χ1v) is 13.3. The van der Waals surface area contributed by atoms with Gasteiger partial charge < -0.3 is 5.32 Å². The van der Waals surface area contributed by atoms with Crippen molar-refractivity contribution in [2.24, 2.45) is 0 Å². The predicted molar refractivity (Wildman–Crippen MR) is 144 cm³/mol. The number of anilines is 1. The first kappa shape index (κ1) is 25.2. The molecule has 0 bridgehead atoms. The van der Waals surface area contributed by atoms with Gasteiger partial charge in [-0.2, -0.15) is 0 Å². The summed E-state index contributed by atoms with van der Waals surface area (Å²) in [7, 11) is -3.99. The van der Waals surface area contributed by atoms with Crippen LogP contribution in [0, 0.1) is 20.8 Å². The van der Waals surface area contributed by atoms with Crippen molar-refractivity contribution in [2.45, 2.75) is 31.7 Å². The quantitative estimate of drug-likeness (QED) is 0.338. The molecule has 4 aromatic rings. The van der Waals surface area contributed by atoms with E-state index in [9.17, 15) is 13.2 Å². The van der Waals surface area contributed by atoms with E-state index in [1.165, 1.54) is 4.31 Å². The molecular formula is C30H30N2O3S. The summed E-state index contributed by atoms with van der Waals surface area (Å²) in [6, 6.07) is 31.0. The van der Waals surface area contributed by atoms with Gasteiger partial charge >= 0.3 is 0 Å². The van der Waals surface area contributed by atoms with Crippen molar-refractivity contribution in [3.8, 4) is 0 Å². The van der Waals surface area contributed by atoms with E-state index in [-0.39, 0.29) is 11.4 Å². The van der Waals surface area contributed by atoms with E-state index in [2.05, 4.69) is 5.32 Å². The number of benzene rings is 4. The molecule has 0 saturated carbocycles. The molecule has 0 atom stereocenters. The average Bonchev–Trinajstić information content (AvgIpc) is 2.89. The van der Waals surface area contributed by atoms with Crippen molar-refractivity contribution in [3.05, 3.63) is 131 Å². The number of hydrogen-bond donors (Lipinski definition) is 1. The first-order valence-electron chi connectivity index (χ1n) is 11.8. The number of amides is 1. The van der Waals surface area contributed by atoms with E-state index in [1.54, 1.807) is 36.4 Å². The highest BCUT2D eigenvalue weighted by Crippen LogP contribution is 2.27. The zero-order chi connectivity index (χ0) is 25.7. The Hall–Kier alpha value is -3.90. The van der Waals surface area contributed by atoms with Crippen LogP contribution < -0.4 is 9.62 Å². The van der Waals surface area contributed by atoms with Gasteiger partial charge in [0.25, 0.3) is 10.0 Å². The Bertz CT molecular complexity index is 1400. The summed E-state index contributed by atoms with van der Waals surface area (Å²) in [6.45, 7) is 5.44. The Balaban J connectivity index is 1.70. The van der Waals surface area contributed by atoms with E-state index in [1.807, 2.05) is 87.5 Å². The Morgan fingerprint density at radius 1 is 0.750 bits per heavy atom. The molecule has 0 aliphatic heterocycles. The third kappa shape index (κ3) is 5.66. The van der Waals surface area contributed by atoms with Gasteiger partial charge in [-0.3, -0.25) is 9.10 Å². The van der Waals surface area contributed by atoms with E-state index in [0.29, 0.717) is 5.69 Å². The Kier molecular flexibility index (Phi) is 7.55. The SMILES string of the molecule is Cc1ccc(S(=O)(=O)N(CC(=O)NC(c2ccccc2)c2ccccc2)c2ccc(C)c(C)c2)cc1. The van der Waals surface area contributed by atoms with Gasteiger partial charge in [-0.15, -0.1) is 0 Å². The van der Waals surface area contributed by atoms with Crippen LogP contribution >= 0.6 is 0 Å². The summed E-state index contributed by atoms with van der Waals surface area (Å²) < 4.78 is 28.7.